The highest BCUT2D eigenvalue weighted by Crippen LogP contribution is 2.28. The molecule has 0 bridgehead atoms. The van der Waals surface area contributed by atoms with Crippen LogP contribution >= 0.6 is 0 Å². The molecule has 0 spiro atoms. The predicted octanol–water partition coefficient (Wildman–Crippen LogP) is 3.32. The maximum atomic E-state index is 12.2. The number of methoxy groups -OCH3 is 1. The summed E-state index contributed by atoms with van der Waals surface area (Å²) in [5, 5.41) is 0. The second kappa shape index (κ2) is 10.6. The number of amides is 2. The Hall–Kier alpha value is -2.24. The van der Waals surface area contributed by atoms with E-state index in [1.54, 1.807) is 18.2 Å². The van der Waals surface area contributed by atoms with E-state index in [0.717, 1.165) is 19.3 Å². The van der Waals surface area contributed by atoms with E-state index in [0.29, 0.717) is 29.6 Å². The molecule has 2 N–H and O–H groups in total. The van der Waals surface area contributed by atoms with E-state index in [-0.39, 0.29) is 11.8 Å². The van der Waals surface area contributed by atoms with Crippen LogP contribution in [0.3, 0.4) is 0 Å². The molecule has 1 aromatic rings. The number of carbonyl (C=O) groups is 2. The fourth-order valence-corrected chi connectivity index (χ4v) is 2.21. The van der Waals surface area contributed by atoms with Crippen molar-refractivity contribution in [1.82, 2.24) is 10.9 Å². The van der Waals surface area contributed by atoms with Crippen LogP contribution in [0, 0.1) is 11.8 Å². The lowest BCUT2D eigenvalue weighted by molar-refractivity contribution is -0.125. The molecule has 140 valence electrons. The normalized spacial score (nSPS) is 11.8. The Bertz CT molecular complexity index is 573. The minimum Gasteiger partial charge on any atom is -0.493 e. The van der Waals surface area contributed by atoms with Crippen molar-refractivity contribution in [1.29, 1.82) is 0 Å². The van der Waals surface area contributed by atoms with E-state index in [1.807, 2.05) is 13.8 Å². The highest BCUT2D eigenvalue weighted by Gasteiger charge is 2.15. The van der Waals surface area contributed by atoms with Gasteiger partial charge in [-0.3, -0.25) is 20.4 Å². The van der Waals surface area contributed by atoms with Crippen LogP contribution in [0.15, 0.2) is 18.2 Å². The summed E-state index contributed by atoms with van der Waals surface area (Å²) < 4.78 is 11.0. The van der Waals surface area contributed by atoms with Gasteiger partial charge in [-0.2, -0.15) is 0 Å². The van der Waals surface area contributed by atoms with E-state index in [9.17, 15) is 9.59 Å². The van der Waals surface area contributed by atoms with Gasteiger partial charge in [-0.1, -0.05) is 34.1 Å². The lowest BCUT2D eigenvalue weighted by Crippen LogP contribution is -2.44. The van der Waals surface area contributed by atoms with Crippen molar-refractivity contribution in [2.24, 2.45) is 11.8 Å². The molecule has 0 aliphatic carbocycles. The third kappa shape index (κ3) is 7.03. The Labute approximate surface area is 150 Å². The molecule has 0 heterocycles. The third-order valence-corrected chi connectivity index (χ3v) is 3.85. The quantitative estimate of drug-likeness (QED) is 0.670. The van der Waals surface area contributed by atoms with Crippen LogP contribution in [0.4, 0.5) is 0 Å². The maximum Gasteiger partial charge on any atom is 0.269 e. The predicted molar refractivity (Wildman–Crippen MR) is 97.6 cm³/mol. The van der Waals surface area contributed by atoms with Gasteiger partial charge in [0.2, 0.25) is 5.91 Å². The number of ether oxygens (including phenoxy) is 2. The van der Waals surface area contributed by atoms with Crippen LogP contribution in [0.25, 0.3) is 0 Å². The molecule has 0 aliphatic heterocycles. The van der Waals surface area contributed by atoms with Crippen molar-refractivity contribution in [3.63, 3.8) is 0 Å². The first-order chi connectivity index (χ1) is 11.9. The van der Waals surface area contributed by atoms with Gasteiger partial charge in [-0.25, -0.2) is 0 Å². The topological polar surface area (TPSA) is 76.7 Å². The summed E-state index contributed by atoms with van der Waals surface area (Å²) in [6.07, 6.45) is 2.63. The average Bonchev–Trinajstić information content (AvgIpc) is 2.59. The Kier molecular flexibility index (Phi) is 8.81. The fraction of sp³-hybridized carbons (Fsp3) is 0.579. The zero-order valence-electron chi connectivity index (χ0n) is 15.8. The van der Waals surface area contributed by atoms with Crippen molar-refractivity contribution in [3.8, 4) is 11.5 Å². The molecule has 0 aromatic heterocycles. The van der Waals surface area contributed by atoms with Gasteiger partial charge in [0.25, 0.3) is 5.91 Å². The van der Waals surface area contributed by atoms with Crippen molar-refractivity contribution in [3.05, 3.63) is 23.8 Å². The van der Waals surface area contributed by atoms with E-state index < -0.39 is 5.91 Å². The average molecular weight is 350 g/mol. The molecule has 0 saturated carbocycles. The summed E-state index contributed by atoms with van der Waals surface area (Å²) >= 11 is 0. The first kappa shape index (κ1) is 20.8. The zero-order valence-corrected chi connectivity index (χ0v) is 15.8. The first-order valence-corrected chi connectivity index (χ1v) is 8.80. The number of carbonyl (C=O) groups excluding carboxylic acids is 2. The molecule has 6 heteroatoms. The lowest BCUT2D eigenvalue weighted by atomic mass is 10.1. The molecular weight excluding hydrogens is 320 g/mol. The number of rotatable bonds is 9. The standard InChI is InChI=1S/C19H30N2O4/c1-6-7-14(4)18(22)20-21-19(23)15-8-9-16(17(12-15)24-5)25-11-10-13(2)3/h8-9,12-14H,6-7,10-11H2,1-5H3,(H,20,22)(H,21,23). The number of hydrogen-bond donors (Lipinski definition) is 2. The summed E-state index contributed by atoms with van der Waals surface area (Å²) in [4.78, 5) is 24.0. The summed E-state index contributed by atoms with van der Waals surface area (Å²) in [6, 6.07) is 4.95. The van der Waals surface area contributed by atoms with Gasteiger partial charge in [0.1, 0.15) is 0 Å². The number of hydrogen-bond acceptors (Lipinski definition) is 4. The minimum atomic E-state index is -0.399. The molecule has 1 rings (SSSR count). The van der Waals surface area contributed by atoms with Crippen LogP contribution in [-0.2, 0) is 4.79 Å². The van der Waals surface area contributed by atoms with Gasteiger partial charge < -0.3 is 9.47 Å². The van der Waals surface area contributed by atoms with E-state index >= 15 is 0 Å². The summed E-state index contributed by atoms with van der Waals surface area (Å²) in [7, 11) is 1.53. The summed E-state index contributed by atoms with van der Waals surface area (Å²) in [5.41, 5.74) is 5.27. The number of benzene rings is 1. The Balaban J connectivity index is 2.65. The van der Waals surface area contributed by atoms with Gasteiger partial charge in [-0.05, 0) is 37.0 Å². The monoisotopic (exact) mass is 350 g/mol. The molecule has 0 aliphatic rings. The molecule has 2 amide bonds. The largest absolute Gasteiger partial charge is 0.493 e. The van der Waals surface area contributed by atoms with Gasteiger partial charge in [-0.15, -0.1) is 0 Å². The highest BCUT2D eigenvalue weighted by molar-refractivity contribution is 5.96. The number of hydrazine groups is 1. The Morgan fingerprint density at radius 1 is 1.08 bits per heavy atom. The molecule has 0 saturated heterocycles. The fourth-order valence-electron chi connectivity index (χ4n) is 2.21. The molecule has 6 nitrogen and oxygen atoms in total. The Morgan fingerprint density at radius 2 is 1.80 bits per heavy atom. The molecule has 1 aromatic carbocycles. The SMILES string of the molecule is CCCC(C)C(=O)NNC(=O)c1ccc(OCCC(C)C)c(OC)c1. The van der Waals surface area contributed by atoms with Crippen molar-refractivity contribution >= 4 is 11.8 Å². The van der Waals surface area contributed by atoms with Crippen LogP contribution in [0.5, 0.6) is 11.5 Å². The van der Waals surface area contributed by atoms with Crippen LogP contribution in [-0.4, -0.2) is 25.5 Å². The van der Waals surface area contributed by atoms with Crippen LogP contribution < -0.4 is 20.3 Å². The van der Waals surface area contributed by atoms with Crippen molar-refractivity contribution < 1.29 is 19.1 Å². The third-order valence-electron chi connectivity index (χ3n) is 3.85. The minimum absolute atomic E-state index is 0.142. The number of nitrogens with one attached hydrogen (secondary N) is 2. The van der Waals surface area contributed by atoms with E-state index in [1.165, 1.54) is 7.11 Å². The Morgan fingerprint density at radius 3 is 2.40 bits per heavy atom. The molecule has 0 fully saturated rings. The van der Waals surface area contributed by atoms with Gasteiger partial charge >= 0.3 is 0 Å². The summed E-state index contributed by atoms with van der Waals surface area (Å²) in [5.74, 6) is 0.897. The smallest absolute Gasteiger partial charge is 0.269 e. The van der Waals surface area contributed by atoms with Crippen LogP contribution in [0.2, 0.25) is 0 Å². The van der Waals surface area contributed by atoms with Crippen molar-refractivity contribution in [2.75, 3.05) is 13.7 Å². The van der Waals surface area contributed by atoms with Crippen LogP contribution in [0.1, 0.15) is 57.3 Å². The van der Waals surface area contributed by atoms with Gasteiger partial charge in [0, 0.05) is 11.5 Å². The molecule has 1 unspecified atom stereocenters. The first-order valence-electron chi connectivity index (χ1n) is 8.80. The molecule has 1 atom stereocenters. The summed E-state index contributed by atoms with van der Waals surface area (Å²) in [6.45, 7) is 8.69. The van der Waals surface area contributed by atoms with Crippen molar-refractivity contribution in [2.45, 2.75) is 47.0 Å². The van der Waals surface area contributed by atoms with E-state index in [4.69, 9.17) is 9.47 Å². The second-order valence-electron chi connectivity index (χ2n) is 6.53. The molecule has 0 radical (unpaired) electrons. The lowest BCUT2D eigenvalue weighted by Gasteiger charge is -2.14. The van der Waals surface area contributed by atoms with Gasteiger partial charge in [0.05, 0.1) is 13.7 Å². The molecular formula is C19H30N2O4. The maximum absolute atomic E-state index is 12.2. The zero-order chi connectivity index (χ0) is 18.8. The second-order valence-corrected chi connectivity index (χ2v) is 6.53. The highest BCUT2D eigenvalue weighted by atomic mass is 16.5. The van der Waals surface area contributed by atoms with E-state index in [2.05, 4.69) is 24.7 Å². The molecule has 25 heavy (non-hydrogen) atoms. The van der Waals surface area contributed by atoms with Gasteiger partial charge in [0.15, 0.2) is 11.5 Å².